The number of likely N-dealkylation sites (tertiary alicyclic amines) is 1. The van der Waals surface area contributed by atoms with Gasteiger partial charge in [0.15, 0.2) is 0 Å². The van der Waals surface area contributed by atoms with Gasteiger partial charge in [0.25, 0.3) is 5.56 Å². The van der Waals surface area contributed by atoms with Gasteiger partial charge in [0.1, 0.15) is 5.82 Å². The number of aryl methyl sites for hydroxylation is 2. The van der Waals surface area contributed by atoms with E-state index in [9.17, 15) is 4.79 Å². The number of hydrogen-bond acceptors (Lipinski definition) is 5. The first-order valence-electron chi connectivity index (χ1n) is 10.1. The molecule has 3 heterocycles. The summed E-state index contributed by atoms with van der Waals surface area (Å²) >= 11 is 1.33. The van der Waals surface area contributed by atoms with E-state index in [4.69, 9.17) is 4.98 Å². The van der Waals surface area contributed by atoms with Crippen LogP contribution in [-0.4, -0.2) is 38.2 Å². The molecule has 2 aromatic rings. The highest BCUT2D eigenvalue weighted by atomic mass is 32.2. The molecule has 1 saturated heterocycles. The van der Waals surface area contributed by atoms with Crippen molar-refractivity contribution < 1.29 is 0 Å². The van der Waals surface area contributed by atoms with Crippen LogP contribution in [0.2, 0.25) is 0 Å². The first-order valence-corrected chi connectivity index (χ1v) is 10.9. The molecular weight excluding hydrogens is 394 g/mol. The third-order valence-corrected chi connectivity index (χ3v) is 6.30. The molecule has 0 bridgehead atoms. The molecular formula is C23H29N5OS. The zero-order valence-electron chi connectivity index (χ0n) is 17.9. The molecule has 158 valence electrons. The van der Waals surface area contributed by atoms with Crippen molar-refractivity contribution in [3.63, 3.8) is 0 Å². The molecule has 0 radical (unpaired) electrons. The molecule has 0 spiro atoms. The number of hydrogen-bond donors (Lipinski definition) is 2. The van der Waals surface area contributed by atoms with Crippen LogP contribution in [0.25, 0.3) is 4.91 Å². The Morgan fingerprint density at radius 2 is 2.00 bits per heavy atom. The molecule has 1 aliphatic rings. The second-order valence-corrected chi connectivity index (χ2v) is 8.51. The van der Waals surface area contributed by atoms with Gasteiger partial charge in [-0.15, -0.1) is 0 Å². The molecule has 0 amide bonds. The number of nitrogens with one attached hydrogen (secondary N) is 2. The largest absolute Gasteiger partial charge is 0.308 e. The van der Waals surface area contributed by atoms with E-state index in [2.05, 4.69) is 33.2 Å². The second kappa shape index (κ2) is 9.91. The molecule has 1 unspecified atom stereocenters. The Morgan fingerprint density at radius 3 is 2.60 bits per heavy atom. The van der Waals surface area contributed by atoms with Gasteiger partial charge in [0.2, 0.25) is 0 Å². The summed E-state index contributed by atoms with van der Waals surface area (Å²) in [4.78, 5) is 24.5. The molecule has 30 heavy (non-hydrogen) atoms. The smallest absolute Gasteiger partial charge is 0.265 e. The van der Waals surface area contributed by atoms with Gasteiger partial charge >= 0.3 is 0 Å². The van der Waals surface area contributed by atoms with Crippen LogP contribution in [-0.2, 0) is 0 Å². The van der Waals surface area contributed by atoms with Crippen LogP contribution in [0.1, 0.15) is 48.6 Å². The van der Waals surface area contributed by atoms with Gasteiger partial charge in [-0.3, -0.25) is 14.8 Å². The average molecular weight is 424 g/mol. The molecule has 1 atom stereocenters. The van der Waals surface area contributed by atoms with Gasteiger partial charge in [0.05, 0.1) is 22.8 Å². The van der Waals surface area contributed by atoms with Crippen LogP contribution in [0.15, 0.2) is 58.9 Å². The van der Waals surface area contributed by atoms with E-state index in [-0.39, 0.29) is 11.6 Å². The average Bonchev–Trinajstić information content (AvgIpc) is 3.37. The minimum Gasteiger partial charge on any atom is -0.308 e. The first-order chi connectivity index (χ1) is 14.4. The summed E-state index contributed by atoms with van der Waals surface area (Å²) in [6, 6.07) is -0.140. The SMILES string of the molecule is C=C(Sc1c(C)nc(C(C(=C)/C=C\C=C/C)N2CCCC2)[nH]c1=O)c1cn[nH]c1C. The van der Waals surface area contributed by atoms with Gasteiger partial charge in [0, 0.05) is 16.2 Å². The molecule has 2 aromatic heterocycles. The molecule has 1 fully saturated rings. The van der Waals surface area contributed by atoms with E-state index in [0.29, 0.717) is 16.4 Å². The maximum Gasteiger partial charge on any atom is 0.265 e. The lowest BCUT2D eigenvalue weighted by atomic mass is 10.1. The lowest BCUT2D eigenvalue weighted by molar-refractivity contribution is 0.270. The predicted molar refractivity (Wildman–Crippen MR) is 124 cm³/mol. The van der Waals surface area contributed by atoms with Crippen LogP contribution < -0.4 is 5.56 Å². The highest BCUT2D eigenvalue weighted by molar-refractivity contribution is 8.08. The highest BCUT2D eigenvalue weighted by Crippen LogP contribution is 2.34. The van der Waals surface area contributed by atoms with Crippen molar-refractivity contribution in [2.45, 2.75) is 44.6 Å². The van der Waals surface area contributed by atoms with E-state index in [1.54, 1.807) is 6.20 Å². The molecule has 7 heteroatoms. The van der Waals surface area contributed by atoms with E-state index >= 15 is 0 Å². The summed E-state index contributed by atoms with van der Waals surface area (Å²) in [6.07, 6.45) is 11.9. The summed E-state index contributed by atoms with van der Waals surface area (Å²) < 4.78 is 0. The summed E-state index contributed by atoms with van der Waals surface area (Å²) in [5.41, 5.74) is 3.27. The minimum absolute atomic E-state index is 0.140. The van der Waals surface area contributed by atoms with E-state index < -0.39 is 0 Å². The summed E-state index contributed by atoms with van der Waals surface area (Å²) in [6.45, 7) is 16.1. The Bertz CT molecular complexity index is 1040. The lowest BCUT2D eigenvalue weighted by Crippen LogP contribution is -2.30. The first kappa shape index (κ1) is 22.1. The molecule has 6 nitrogen and oxygen atoms in total. The number of aromatic amines is 2. The quantitative estimate of drug-likeness (QED) is 0.475. The summed E-state index contributed by atoms with van der Waals surface area (Å²) in [5, 5.41) is 6.93. The zero-order chi connectivity index (χ0) is 21.7. The third-order valence-electron chi connectivity index (χ3n) is 5.15. The Hall–Kier alpha value is -2.64. The van der Waals surface area contributed by atoms with Crippen LogP contribution >= 0.6 is 11.8 Å². The number of thioether (sulfide) groups is 1. The van der Waals surface area contributed by atoms with Crippen LogP contribution in [0.4, 0.5) is 0 Å². The molecule has 0 saturated carbocycles. The summed E-state index contributed by atoms with van der Waals surface area (Å²) in [7, 11) is 0. The standard InChI is InChI=1S/C23H29N5OS/c1-6-7-8-11-15(2)20(28-12-9-10-13-28)22-25-17(4)21(23(29)26-22)30-18(5)19-14-24-27-16(19)3/h6-8,11,14,20H,2,5,9-10,12-13H2,1,3-4H3,(H,24,27)(H,25,26,29)/b7-6-,11-8-. The van der Waals surface area contributed by atoms with Gasteiger partial charge in [-0.05, 0) is 52.3 Å². The predicted octanol–water partition coefficient (Wildman–Crippen LogP) is 4.70. The Morgan fingerprint density at radius 1 is 1.27 bits per heavy atom. The van der Waals surface area contributed by atoms with E-state index in [1.807, 2.05) is 45.1 Å². The van der Waals surface area contributed by atoms with Gasteiger partial charge in [-0.25, -0.2) is 4.98 Å². The number of allylic oxidation sites excluding steroid dienone is 3. The normalized spacial score (nSPS) is 16.0. The zero-order valence-corrected chi connectivity index (χ0v) is 18.7. The monoisotopic (exact) mass is 423 g/mol. The molecule has 0 aromatic carbocycles. The van der Waals surface area contributed by atoms with Crippen molar-refractivity contribution in [1.82, 2.24) is 25.1 Å². The van der Waals surface area contributed by atoms with Crippen LogP contribution in [0.5, 0.6) is 0 Å². The van der Waals surface area contributed by atoms with Crippen molar-refractivity contribution in [3.05, 3.63) is 82.4 Å². The number of H-pyrrole nitrogens is 2. The fraction of sp³-hybridized carbons (Fsp3) is 0.348. The fourth-order valence-corrected chi connectivity index (χ4v) is 4.52. The Kier molecular flexibility index (Phi) is 7.29. The van der Waals surface area contributed by atoms with Gasteiger partial charge in [-0.2, -0.15) is 5.10 Å². The van der Waals surface area contributed by atoms with E-state index in [0.717, 1.165) is 47.7 Å². The number of aromatic nitrogens is 4. The van der Waals surface area contributed by atoms with Gasteiger partial charge in [-0.1, -0.05) is 49.2 Å². The molecule has 1 aliphatic heterocycles. The van der Waals surface area contributed by atoms with Crippen molar-refractivity contribution in [3.8, 4) is 0 Å². The number of nitrogens with zero attached hydrogens (tertiary/aromatic N) is 3. The lowest BCUT2D eigenvalue weighted by Gasteiger charge is -2.27. The maximum absolute atomic E-state index is 13.0. The number of rotatable bonds is 8. The molecule has 0 aliphatic carbocycles. The Balaban J connectivity index is 1.92. The third kappa shape index (κ3) is 4.91. The van der Waals surface area contributed by atoms with Crippen molar-refractivity contribution in [2.75, 3.05) is 13.1 Å². The minimum atomic E-state index is -0.153. The Labute approximate surface area is 181 Å². The molecule has 2 N–H and O–H groups in total. The maximum atomic E-state index is 13.0. The fourth-order valence-electron chi connectivity index (χ4n) is 3.62. The van der Waals surface area contributed by atoms with Crippen LogP contribution in [0.3, 0.4) is 0 Å². The van der Waals surface area contributed by atoms with Crippen molar-refractivity contribution in [1.29, 1.82) is 0 Å². The van der Waals surface area contributed by atoms with Crippen molar-refractivity contribution in [2.24, 2.45) is 0 Å². The van der Waals surface area contributed by atoms with Gasteiger partial charge < -0.3 is 4.98 Å². The highest BCUT2D eigenvalue weighted by Gasteiger charge is 2.28. The van der Waals surface area contributed by atoms with E-state index in [1.165, 1.54) is 11.8 Å². The van der Waals surface area contributed by atoms with Crippen molar-refractivity contribution >= 4 is 16.7 Å². The van der Waals surface area contributed by atoms with Crippen LogP contribution in [0, 0.1) is 13.8 Å². The topological polar surface area (TPSA) is 77.7 Å². The summed E-state index contributed by atoms with van der Waals surface area (Å²) in [5.74, 6) is 0.643. The molecule has 3 rings (SSSR count). The second-order valence-electron chi connectivity index (χ2n) is 7.41.